The zero-order valence-corrected chi connectivity index (χ0v) is 15.0. The van der Waals surface area contributed by atoms with Crippen molar-refractivity contribution in [3.05, 3.63) is 69.4 Å². The Morgan fingerprint density at radius 2 is 2.04 bits per heavy atom. The first-order valence-electron chi connectivity index (χ1n) is 7.97. The van der Waals surface area contributed by atoms with Crippen LogP contribution in [0.15, 0.2) is 48.7 Å². The van der Waals surface area contributed by atoms with Gasteiger partial charge in [0.2, 0.25) is 0 Å². The molecule has 1 N–H and O–H groups in total. The van der Waals surface area contributed by atoms with E-state index in [-0.39, 0.29) is 5.69 Å². The fourth-order valence-corrected chi connectivity index (χ4v) is 3.14. The van der Waals surface area contributed by atoms with Gasteiger partial charge in [0.05, 0.1) is 23.7 Å². The summed E-state index contributed by atoms with van der Waals surface area (Å²) in [5.74, 6) is 1.41. The Morgan fingerprint density at radius 1 is 1.26 bits per heavy atom. The maximum absolute atomic E-state index is 10.9. The molecule has 0 bridgehead atoms. The number of fused-ring (bicyclic) bond motifs is 1. The van der Waals surface area contributed by atoms with Crippen molar-refractivity contribution < 1.29 is 9.66 Å². The Labute approximate surface area is 158 Å². The second-order valence-electron chi connectivity index (χ2n) is 5.78. The highest BCUT2D eigenvalue weighted by atomic mass is 32.1. The van der Waals surface area contributed by atoms with Gasteiger partial charge >= 0.3 is 0 Å². The summed E-state index contributed by atoms with van der Waals surface area (Å²) in [5, 5.41) is 23.1. The number of benzene rings is 2. The van der Waals surface area contributed by atoms with E-state index in [1.165, 1.54) is 12.1 Å². The maximum Gasteiger partial charge on any atom is 0.270 e. The molecule has 27 heavy (non-hydrogen) atoms. The summed E-state index contributed by atoms with van der Waals surface area (Å²) < 4.78 is 9.19. The molecule has 0 unspecified atom stereocenters. The summed E-state index contributed by atoms with van der Waals surface area (Å²) in [5.41, 5.74) is 1.65. The molecule has 2 aromatic heterocycles. The maximum atomic E-state index is 10.9. The van der Waals surface area contributed by atoms with Crippen LogP contribution in [0.4, 0.5) is 5.69 Å². The number of nitro benzene ring substituents is 1. The molecule has 0 saturated carbocycles. The van der Waals surface area contributed by atoms with E-state index in [2.05, 4.69) is 15.3 Å². The van der Waals surface area contributed by atoms with Gasteiger partial charge < -0.3 is 4.74 Å². The van der Waals surface area contributed by atoms with Crippen LogP contribution in [-0.2, 0) is 6.54 Å². The Bertz CT molecular complexity index is 1190. The molecule has 10 heteroatoms. The predicted octanol–water partition coefficient (Wildman–Crippen LogP) is 3.24. The van der Waals surface area contributed by atoms with E-state index >= 15 is 0 Å². The highest BCUT2D eigenvalue weighted by molar-refractivity contribution is 7.71. The topological polar surface area (TPSA) is 104 Å². The number of non-ortho nitro benzene ring substituents is 1. The van der Waals surface area contributed by atoms with Crippen molar-refractivity contribution in [3.8, 4) is 11.4 Å². The zero-order chi connectivity index (χ0) is 19.0. The number of hydrogen-bond acceptors (Lipinski definition) is 6. The smallest absolute Gasteiger partial charge is 0.270 e. The van der Waals surface area contributed by atoms with Crippen molar-refractivity contribution in [3.63, 3.8) is 0 Å². The Morgan fingerprint density at radius 3 is 2.74 bits per heavy atom. The largest absolute Gasteiger partial charge is 0.497 e. The number of methoxy groups -OCH3 is 1. The Kier molecular flexibility index (Phi) is 4.16. The molecule has 4 aromatic rings. The minimum absolute atomic E-state index is 0.0305. The lowest BCUT2D eigenvalue weighted by atomic mass is 10.2. The SMILES string of the molecule is COc1ccc(-n2c(Cn3ncc4cc([N+](=O)[O-])ccc43)n[nH]c2=S)cc1. The number of nitrogens with zero attached hydrogens (tertiary/aromatic N) is 5. The number of nitro groups is 1. The summed E-state index contributed by atoms with van der Waals surface area (Å²) in [4.78, 5) is 10.5. The normalized spacial score (nSPS) is 11.0. The third-order valence-corrected chi connectivity index (χ3v) is 4.47. The molecule has 0 atom stereocenters. The van der Waals surface area contributed by atoms with Gasteiger partial charge in [-0.3, -0.25) is 24.5 Å². The fourth-order valence-electron chi connectivity index (χ4n) is 2.88. The van der Waals surface area contributed by atoms with Crippen molar-refractivity contribution in [1.29, 1.82) is 0 Å². The Balaban J connectivity index is 1.72. The minimum atomic E-state index is -0.425. The van der Waals surface area contributed by atoms with E-state index in [1.807, 2.05) is 28.8 Å². The van der Waals surface area contributed by atoms with Crippen LogP contribution in [0.2, 0.25) is 0 Å². The standard InChI is InChI=1S/C17H14N6O3S/c1-26-14-5-2-12(3-6-14)22-16(19-20-17(22)27)10-21-15-7-4-13(23(24)25)8-11(15)9-18-21/h2-9H,10H2,1H3,(H,20,27). The summed E-state index contributed by atoms with van der Waals surface area (Å²) in [6.07, 6.45) is 1.60. The number of aromatic amines is 1. The summed E-state index contributed by atoms with van der Waals surface area (Å²) in [6.45, 7) is 0.348. The van der Waals surface area contributed by atoms with E-state index < -0.39 is 4.92 Å². The van der Waals surface area contributed by atoms with Gasteiger partial charge in [-0.25, -0.2) is 0 Å². The Hall–Kier alpha value is -3.53. The average Bonchev–Trinajstić information content (AvgIpc) is 3.25. The predicted molar refractivity (Wildman–Crippen MR) is 101 cm³/mol. The molecular formula is C17H14N6O3S. The quantitative estimate of drug-likeness (QED) is 0.323. The van der Waals surface area contributed by atoms with Crippen LogP contribution in [0.5, 0.6) is 5.75 Å². The first-order chi connectivity index (χ1) is 13.1. The van der Waals surface area contributed by atoms with Crippen molar-refractivity contribution in [1.82, 2.24) is 24.5 Å². The van der Waals surface area contributed by atoms with Crippen molar-refractivity contribution in [2.24, 2.45) is 0 Å². The molecular weight excluding hydrogens is 368 g/mol. The highest BCUT2D eigenvalue weighted by Gasteiger charge is 2.14. The van der Waals surface area contributed by atoms with Crippen molar-refractivity contribution in [2.45, 2.75) is 6.54 Å². The van der Waals surface area contributed by atoms with Crippen molar-refractivity contribution in [2.75, 3.05) is 7.11 Å². The molecule has 0 saturated heterocycles. The van der Waals surface area contributed by atoms with E-state index in [9.17, 15) is 10.1 Å². The molecule has 0 amide bonds. The number of rotatable bonds is 5. The van der Waals surface area contributed by atoms with Gasteiger partial charge in [0, 0.05) is 23.2 Å². The van der Waals surface area contributed by atoms with Crippen LogP contribution in [0, 0.1) is 14.9 Å². The monoisotopic (exact) mass is 382 g/mol. The van der Waals surface area contributed by atoms with Crippen LogP contribution >= 0.6 is 12.2 Å². The molecule has 0 aliphatic carbocycles. The lowest BCUT2D eigenvalue weighted by molar-refractivity contribution is -0.384. The summed E-state index contributed by atoms with van der Waals surface area (Å²) in [7, 11) is 1.61. The van der Waals surface area contributed by atoms with Crippen LogP contribution in [-0.4, -0.2) is 36.6 Å². The highest BCUT2D eigenvalue weighted by Crippen LogP contribution is 2.22. The van der Waals surface area contributed by atoms with Crippen LogP contribution in [0.3, 0.4) is 0 Å². The number of hydrogen-bond donors (Lipinski definition) is 1. The average molecular weight is 382 g/mol. The van der Waals surface area contributed by atoms with E-state index in [0.29, 0.717) is 22.5 Å². The fraction of sp³-hybridized carbons (Fsp3) is 0.118. The van der Waals surface area contributed by atoms with Gasteiger partial charge in [-0.05, 0) is 42.5 Å². The second kappa shape index (κ2) is 6.65. The van der Waals surface area contributed by atoms with E-state index in [1.54, 1.807) is 24.1 Å². The summed E-state index contributed by atoms with van der Waals surface area (Å²) in [6, 6.07) is 12.1. The molecule has 0 aliphatic rings. The number of H-pyrrole nitrogens is 1. The molecule has 0 spiro atoms. The van der Waals surface area contributed by atoms with Crippen LogP contribution in [0.25, 0.3) is 16.6 Å². The molecule has 136 valence electrons. The first kappa shape index (κ1) is 16.9. The molecule has 2 heterocycles. The van der Waals surface area contributed by atoms with Gasteiger partial charge in [-0.15, -0.1) is 0 Å². The number of nitrogens with one attached hydrogen (secondary N) is 1. The number of aromatic nitrogens is 5. The van der Waals surface area contributed by atoms with E-state index in [4.69, 9.17) is 17.0 Å². The lowest BCUT2D eigenvalue weighted by Gasteiger charge is -2.08. The van der Waals surface area contributed by atoms with E-state index in [0.717, 1.165) is 17.0 Å². The number of ether oxygens (including phenoxy) is 1. The molecule has 0 radical (unpaired) electrons. The van der Waals surface area contributed by atoms with Gasteiger partial charge in [-0.1, -0.05) is 0 Å². The molecule has 0 aliphatic heterocycles. The molecule has 2 aromatic carbocycles. The third kappa shape index (κ3) is 3.06. The van der Waals surface area contributed by atoms with Crippen LogP contribution < -0.4 is 4.74 Å². The molecule has 4 rings (SSSR count). The van der Waals surface area contributed by atoms with Gasteiger partial charge in [0.15, 0.2) is 10.6 Å². The lowest BCUT2D eigenvalue weighted by Crippen LogP contribution is -2.08. The molecule has 9 nitrogen and oxygen atoms in total. The van der Waals surface area contributed by atoms with Gasteiger partial charge in [-0.2, -0.15) is 10.2 Å². The van der Waals surface area contributed by atoms with Crippen molar-refractivity contribution >= 4 is 28.8 Å². The zero-order valence-electron chi connectivity index (χ0n) is 14.2. The van der Waals surface area contributed by atoms with Gasteiger partial charge in [0.25, 0.3) is 5.69 Å². The molecule has 0 fully saturated rings. The van der Waals surface area contributed by atoms with Gasteiger partial charge in [0.1, 0.15) is 12.3 Å². The summed E-state index contributed by atoms with van der Waals surface area (Å²) >= 11 is 5.36. The second-order valence-corrected chi connectivity index (χ2v) is 6.17. The first-order valence-corrected chi connectivity index (χ1v) is 8.38. The third-order valence-electron chi connectivity index (χ3n) is 4.20. The minimum Gasteiger partial charge on any atom is -0.497 e. The van der Waals surface area contributed by atoms with Crippen LogP contribution in [0.1, 0.15) is 5.82 Å².